The number of hydrogen-bond donors (Lipinski definition) is 3. The lowest BCUT2D eigenvalue weighted by molar-refractivity contribution is -0.116. The number of hydrogen-bond acceptors (Lipinski definition) is 3. The maximum atomic E-state index is 11.4. The first-order chi connectivity index (χ1) is 6.63. The Hall–Kier alpha value is -1.36. The van der Waals surface area contributed by atoms with Crippen LogP contribution in [0.1, 0.15) is 19.0 Å². The van der Waals surface area contributed by atoms with E-state index < -0.39 is 0 Å². The van der Waals surface area contributed by atoms with E-state index in [4.69, 9.17) is 0 Å². The zero-order valence-corrected chi connectivity index (χ0v) is 8.72. The number of aromatic amines is 1. The SMILES string of the molecule is CNC(C)CC(=O)Nc1cn[nH]c1C. The van der Waals surface area contributed by atoms with Crippen LogP contribution in [0, 0.1) is 6.92 Å². The average Bonchev–Trinajstić information content (AvgIpc) is 2.51. The van der Waals surface area contributed by atoms with E-state index >= 15 is 0 Å². The summed E-state index contributed by atoms with van der Waals surface area (Å²) in [5.41, 5.74) is 1.62. The molecule has 0 spiro atoms. The minimum atomic E-state index is -0.00338. The van der Waals surface area contributed by atoms with Crippen molar-refractivity contribution >= 4 is 11.6 Å². The number of carbonyl (C=O) groups excluding carboxylic acids is 1. The molecule has 0 aliphatic rings. The minimum absolute atomic E-state index is 0.00338. The molecule has 0 aromatic carbocycles. The Balaban J connectivity index is 2.45. The molecule has 78 valence electrons. The molecule has 5 heteroatoms. The zero-order chi connectivity index (χ0) is 10.6. The monoisotopic (exact) mass is 196 g/mol. The van der Waals surface area contributed by atoms with Crippen LogP contribution < -0.4 is 10.6 Å². The molecule has 0 bridgehead atoms. The van der Waals surface area contributed by atoms with Gasteiger partial charge in [0.1, 0.15) is 0 Å². The van der Waals surface area contributed by atoms with Crippen molar-refractivity contribution in [2.75, 3.05) is 12.4 Å². The molecule has 1 heterocycles. The molecule has 1 rings (SSSR count). The number of amides is 1. The van der Waals surface area contributed by atoms with Gasteiger partial charge in [-0.25, -0.2) is 0 Å². The van der Waals surface area contributed by atoms with E-state index in [1.165, 1.54) is 0 Å². The number of rotatable bonds is 4. The first kappa shape index (κ1) is 10.7. The van der Waals surface area contributed by atoms with Crippen LogP contribution in [0.3, 0.4) is 0 Å². The molecular weight excluding hydrogens is 180 g/mol. The standard InChI is InChI=1S/C9H16N4O/c1-6(10-3)4-9(14)12-8-5-11-13-7(8)2/h5-6,10H,4H2,1-3H3,(H,11,13)(H,12,14). The van der Waals surface area contributed by atoms with E-state index in [2.05, 4.69) is 20.8 Å². The predicted octanol–water partition coefficient (Wildman–Crippen LogP) is 0.655. The van der Waals surface area contributed by atoms with E-state index in [0.29, 0.717) is 6.42 Å². The summed E-state index contributed by atoms with van der Waals surface area (Å²) in [5.74, 6) is -0.00338. The number of nitrogens with zero attached hydrogens (tertiary/aromatic N) is 1. The second kappa shape index (κ2) is 4.76. The zero-order valence-electron chi connectivity index (χ0n) is 8.72. The third kappa shape index (κ3) is 2.85. The Morgan fingerprint density at radius 1 is 1.71 bits per heavy atom. The van der Waals surface area contributed by atoms with Gasteiger partial charge >= 0.3 is 0 Å². The van der Waals surface area contributed by atoms with Crippen LogP contribution in [-0.4, -0.2) is 29.2 Å². The number of aromatic nitrogens is 2. The number of aryl methyl sites for hydroxylation is 1. The highest BCUT2D eigenvalue weighted by molar-refractivity contribution is 5.91. The molecule has 0 radical (unpaired) electrons. The summed E-state index contributed by atoms with van der Waals surface area (Å²) >= 11 is 0. The second-order valence-electron chi connectivity index (χ2n) is 3.35. The van der Waals surface area contributed by atoms with Crippen LogP contribution in [0.2, 0.25) is 0 Å². The fraction of sp³-hybridized carbons (Fsp3) is 0.556. The van der Waals surface area contributed by atoms with E-state index in [0.717, 1.165) is 11.4 Å². The second-order valence-corrected chi connectivity index (χ2v) is 3.35. The molecule has 3 N–H and O–H groups in total. The molecule has 0 saturated carbocycles. The number of nitrogens with one attached hydrogen (secondary N) is 3. The highest BCUT2D eigenvalue weighted by atomic mass is 16.1. The summed E-state index contributed by atoms with van der Waals surface area (Å²) in [6.45, 7) is 3.83. The van der Waals surface area contributed by atoms with Gasteiger partial charge in [-0.2, -0.15) is 5.10 Å². The molecule has 0 saturated heterocycles. The third-order valence-electron chi connectivity index (χ3n) is 2.09. The average molecular weight is 196 g/mol. The van der Waals surface area contributed by atoms with Gasteiger partial charge in [-0.1, -0.05) is 0 Å². The Labute approximate surface area is 83.3 Å². The summed E-state index contributed by atoms with van der Waals surface area (Å²) in [6, 6.07) is 0.183. The molecule has 0 aliphatic carbocycles. The van der Waals surface area contributed by atoms with E-state index in [-0.39, 0.29) is 11.9 Å². The van der Waals surface area contributed by atoms with Crippen LogP contribution >= 0.6 is 0 Å². The maximum Gasteiger partial charge on any atom is 0.226 e. The lowest BCUT2D eigenvalue weighted by Crippen LogP contribution is -2.27. The number of carbonyl (C=O) groups is 1. The normalized spacial score (nSPS) is 12.5. The van der Waals surface area contributed by atoms with Gasteiger partial charge in [0, 0.05) is 12.5 Å². The molecule has 14 heavy (non-hydrogen) atoms. The van der Waals surface area contributed by atoms with Gasteiger partial charge in [-0.05, 0) is 20.9 Å². The number of anilines is 1. The Bertz CT molecular complexity index is 308. The van der Waals surface area contributed by atoms with Gasteiger partial charge in [0.15, 0.2) is 0 Å². The van der Waals surface area contributed by atoms with Crippen molar-refractivity contribution in [2.24, 2.45) is 0 Å². The van der Waals surface area contributed by atoms with Crippen LogP contribution in [0.4, 0.5) is 5.69 Å². The van der Waals surface area contributed by atoms with Crippen LogP contribution in [-0.2, 0) is 4.79 Å². The first-order valence-corrected chi connectivity index (χ1v) is 4.60. The quantitative estimate of drug-likeness (QED) is 0.662. The van der Waals surface area contributed by atoms with Gasteiger partial charge < -0.3 is 10.6 Å². The lowest BCUT2D eigenvalue weighted by Gasteiger charge is -2.09. The molecule has 0 fully saturated rings. The smallest absolute Gasteiger partial charge is 0.226 e. The molecule has 1 amide bonds. The summed E-state index contributed by atoms with van der Waals surface area (Å²) < 4.78 is 0. The highest BCUT2D eigenvalue weighted by Crippen LogP contribution is 2.09. The van der Waals surface area contributed by atoms with E-state index in [1.807, 2.05) is 20.9 Å². The highest BCUT2D eigenvalue weighted by Gasteiger charge is 2.09. The predicted molar refractivity (Wildman–Crippen MR) is 55.1 cm³/mol. The van der Waals surface area contributed by atoms with Crippen molar-refractivity contribution in [3.63, 3.8) is 0 Å². The maximum absolute atomic E-state index is 11.4. The third-order valence-corrected chi connectivity index (χ3v) is 2.09. The first-order valence-electron chi connectivity index (χ1n) is 4.60. The van der Waals surface area contributed by atoms with E-state index in [1.54, 1.807) is 6.20 Å². The fourth-order valence-corrected chi connectivity index (χ4v) is 1.06. The summed E-state index contributed by atoms with van der Waals surface area (Å²) in [4.78, 5) is 11.4. The van der Waals surface area contributed by atoms with E-state index in [9.17, 15) is 4.79 Å². The summed E-state index contributed by atoms with van der Waals surface area (Å²) in [5, 5.41) is 12.4. The molecule has 1 aromatic rings. The van der Waals surface area contributed by atoms with Crippen molar-refractivity contribution in [3.8, 4) is 0 Å². The lowest BCUT2D eigenvalue weighted by atomic mass is 10.2. The molecule has 1 atom stereocenters. The Morgan fingerprint density at radius 3 is 2.93 bits per heavy atom. The summed E-state index contributed by atoms with van der Waals surface area (Å²) in [6.07, 6.45) is 2.07. The fourth-order valence-electron chi connectivity index (χ4n) is 1.06. The number of H-pyrrole nitrogens is 1. The molecular formula is C9H16N4O. The topological polar surface area (TPSA) is 69.8 Å². The van der Waals surface area contributed by atoms with Crippen molar-refractivity contribution in [1.29, 1.82) is 0 Å². The van der Waals surface area contributed by atoms with Crippen LogP contribution in [0.15, 0.2) is 6.20 Å². The van der Waals surface area contributed by atoms with Crippen LogP contribution in [0.5, 0.6) is 0 Å². The van der Waals surface area contributed by atoms with Gasteiger partial charge in [0.25, 0.3) is 0 Å². The molecule has 5 nitrogen and oxygen atoms in total. The Kier molecular flexibility index (Phi) is 3.64. The van der Waals surface area contributed by atoms with Crippen LogP contribution in [0.25, 0.3) is 0 Å². The van der Waals surface area contributed by atoms with Gasteiger partial charge in [0.05, 0.1) is 17.6 Å². The molecule has 0 aliphatic heterocycles. The van der Waals surface area contributed by atoms with Gasteiger partial charge in [0.2, 0.25) is 5.91 Å². The van der Waals surface area contributed by atoms with Gasteiger partial charge in [-0.3, -0.25) is 9.89 Å². The van der Waals surface area contributed by atoms with Crippen molar-refractivity contribution in [3.05, 3.63) is 11.9 Å². The van der Waals surface area contributed by atoms with Crippen molar-refractivity contribution in [2.45, 2.75) is 26.3 Å². The Morgan fingerprint density at radius 2 is 2.43 bits per heavy atom. The largest absolute Gasteiger partial charge is 0.323 e. The van der Waals surface area contributed by atoms with Gasteiger partial charge in [-0.15, -0.1) is 0 Å². The van der Waals surface area contributed by atoms with Crippen molar-refractivity contribution in [1.82, 2.24) is 15.5 Å². The van der Waals surface area contributed by atoms with Crippen molar-refractivity contribution < 1.29 is 4.79 Å². The minimum Gasteiger partial charge on any atom is -0.323 e. The molecule has 1 aromatic heterocycles. The molecule has 1 unspecified atom stereocenters. The summed E-state index contributed by atoms with van der Waals surface area (Å²) in [7, 11) is 1.83.